The van der Waals surface area contributed by atoms with Crippen LogP contribution >= 0.6 is 79.8 Å². The number of aromatic nitrogens is 6. The van der Waals surface area contributed by atoms with Crippen LogP contribution in [-0.4, -0.2) is 89.4 Å². The highest BCUT2D eigenvalue weighted by molar-refractivity contribution is 8.03. The number of fused-ring (bicyclic) bond motifs is 7. The van der Waals surface area contributed by atoms with Crippen molar-refractivity contribution in [1.29, 1.82) is 0 Å². The molecule has 0 saturated heterocycles. The minimum Gasteiger partial charge on any atom is -1.00 e. The summed E-state index contributed by atoms with van der Waals surface area (Å²) >= 11 is 11.8. The largest absolute Gasteiger partial charge is 1.00 e. The number of thioether (sulfide) groups is 1. The van der Waals surface area contributed by atoms with Gasteiger partial charge >= 0.3 is 0 Å². The molecule has 0 radical (unpaired) electrons. The van der Waals surface area contributed by atoms with Gasteiger partial charge in [-0.25, -0.2) is 0 Å². The van der Waals surface area contributed by atoms with E-state index in [9.17, 15) is 81.4 Å². The van der Waals surface area contributed by atoms with Crippen LogP contribution in [0.5, 0.6) is 80.5 Å². The predicted molar refractivity (Wildman–Crippen MR) is 575 cm³/mol. The summed E-state index contributed by atoms with van der Waals surface area (Å²) in [6.07, 6.45) is 30.8. The van der Waals surface area contributed by atoms with Gasteiger partial charge < -0.3 is 225 Å². The number of carbonyl (C=O) groups is 1. The first-order chi connectivity index (χ1) is 68.4. The molecule has 0 unspecified atom stereocenters. The Morgan fingerprint density at radius 2 is 0.615 bits per heavy atom. The number of aryl methyl sites for hydroxylation is 6. The summed E-state index contributed by atoms with van der Waals surface area (Å²) in [5.74, 6) is -2.69. The maximum Gasteiger partial charge on any atom is 0.262 e. The maximum atomic E-state index is 11.1. The van der Waals surface area contributed by atoms with E-state index in [2.05, 4.69) is 111 Å². The molecule has 15 N–H and O–H groups in total. The van der Waals surface area contributed by atoms with Crippen molar-refractivity contribution >= 4 is 225 Å². The van der Waals surface area contributed by atoms with Crippen LogP contribution in [0.2, 0.25) is 0 Å². The van der Waals surface area contributed by atoms with Gasteiger partial charge in [-0.05, 0) is 187 Å². The van der Waals surface area contributed by atoms with Crippen LogP contribution < -0.4 is 176 Å². The molecule has 0 atom stereocenters. The van der Waals surface area contributed by atoms with Crippen LogP contribution in [0.15, 0.2) is 319 Å². The van der Waals surface area contributed by atoms with Gasteiger partial charge in [0.1, 0.15) is 105 Å². The number of hydrogen-bond donors (Lipinski definition) is 15. The Morgan fingerprint density at radius 3 is 1.01 bits per heavy atom. The number of halogens is 6. The highest BCUT2D eigenvalue weighted by Gasteiger charge is 2.24. The van der Waals surface area contributed by atoms with E-state index in [1.54, 1.807) is 171 Å². The second kappa shape index (κ2) is 55.4. The van der Waals surface area contributed by atoms with Gasteiger partial charge in [0, 0.05) is 114 Å². The van der Waals surface area contributed by atoms with E-state index in [0.29, 0.717) is 27.8 Å². The average Bonchev–Trinajstić information content (AvgIpc) is 1.69. The SMILES string of the molecule is CN1C(=CC=C2C=CC(=O)C(O)=C2)Sc2ccccc21.C[n+]1c(/C=C/c2c(O)cccc2O)sc2ccccc21.C[n+]1c(/C=C/c2cc(O)c(O)c(O)c2)sc2ccccc21.C[n+]1c(/C=C/c2cc(O)cc(O)c2)sc2ccccc21.C[n+]1c(/C=C/c2ccc(O)c(O)c2O)sc2ccccc21.C[n+]1c(/C=C/c2ccc(O)cc2O)sc2ccccc21.C[n+]1c(/C=C/c2cccc(O)c2O)sc2ccccc21.[I-].[I-].[I-].[I-].[I-].[I-]. The second-order valence-electron chi connectivity index (χ2n) is 32.1. The molecule has 0 fully saturated rings. The molecule has 19 aromatic rings. The summed E-state index contributed by atoms with van der Waals surface area (Å²) < 4.78 is 19.8. The number of thiazole rings is 6. The van der Waals surface area contributed by atoms with E-state index in [1.807, 2.05) is 201 Å². The molecule has 36 heteroatoms. The molecule has 0 spiro atoms. The van der Waals surface area contributed by atoms with Crippen LogP contribution in [0.1, 0.15) is 63.4 Å². The number of benzene rings is 13. The van der Waals surface area contributed by atoms with Crippen LogP contribution in [0, 0.1) is 0 Å². The van der Waals surface area contributed by atoms with E-state index in [-0.39, 0.29) is 224 Å². The Hall–Kier alpha value is -12.2. The molecule has 7 heterocycles. The van der Waals surface area contributed by atoms with E-state index in [1.165, 1.54) is 109 Å². The van der Waals surface area contributed by atoms with Gasteiger partial charge in [-0.1, -0.05) is 195 Å². The minimum atomic E-state index is -0.502. The molecule has 2 aliphatic rings. The summed E-state index contributed by atoms with van der Waals surface area (Å²) in [6, 6.07) is 81.8. The van der Waals surface area contributed by atoms with Gasteiger partial charge in [0.05, 0.1) is 16.3 Å². The number of phenolic OH excluding ortho intramolecular Hbond substituents is 14. The summed E-state index contributed by atoms with van der Waals surface area (Å²) in [5, 5.41) is 151. The highest BCUT2D eigenvalue weighted by Crippen LogP contribution is 2.46. The molecule has 6 aromatic heterocycles. The van der Waals surface area contributed by atoms with Crippen molar-refractivity contribution < 1.29 is 253 Å². The zero-order valence-electron chi connectivity index (χ0n) is 79.6. The zero-order chi connectivity index (χ0) is 101. The van der Waals surface area contributed by atoms with Crippen molar-refractivity contribution in [2.24, 2.45) is 42.3 Å². The molecule has 148 heavy (non-hydrogen) atoms. The third kappa shape index (κ3) is 29.5. The number of allylic oxidation sites excluding steroid dienone is 6. The minimum absolute atomic E-state index is 0. The normalized spacial score (nSPS) is 12.4. The van der Waals surface area contributed by atoms with Gasteiger partial charge in [-0.3, -0.25) is 4.79 Å². The lowest BCUT2D eigenvalue weighted by Crippen LogP contribution is -3.00. The van der Waals surface area contributed by atoms with Crippen molar-refractivity contribution in [2.75, 3.05) is 11.9 Å². The number of para-hydroxylation sites is 8. The van der Waals surface area contributed by atoms with Crippen molar-refractivity contribution in [3.63, 3.8) is 0 Å². The number of aromatic hydroxyl groups is 14. The van der Waals surface area contributed by atoms with Crippen LogP contribution in [0.3, 0.4) is 0 Å². The number of anilines is 1. The number of ketones is 1. The van der Waals surface area contributed by atoms with Crippen molar-refractivity contribution in [3.05, 3.63) is 377 Å². The van der Waals surface area contributed by atoms with Gasteiger partial charge in [0.2, 0.25) is 44.6 Å². The van der Waals surface area contributed by atoms with Crippen molar-refractivity contribution in [1.82, 2.24) is 0 Å². The summed E-state index contributed by atoms with van der Waals surface area (Å²) in [6.45, 7) is 0. The smallest absolute Gasteiger partial charge is 0.262 e. The molecule has 13 aromatic carbocycles. The fraction of sp³-hybridized carbons (Fsp3) is 0.0625. The third-order valence-corrected chi connectivity index (χ3v) is 30.8. The van der Waals surface area contributed by atoms with E-state index < -0.39 is 11.5 Å². The molecule has 0 bridgehead atoms. The summed E-state index contributed by atoms with van der Waals surface area (Å²) in [7, 11) is 14.1. The van der Waals surface area contributed by atoms with Crippen molar-refractivity contribution in [3.8, 4) is 80.5 Å². The second-order valence-corrected chi connectivity index (χ2v) is 39.5. The quantitative estimate of drug-likeness (QED) is 0.0416. The molecule has 21 rings (SSSR count). The van der Waals surface area contributed by atoms with Gasteiger partial charge in [0.25, 0.3) is 30.0 Å². The molecular weight excluding hydrogens is 2690 g/mol. The zero-order valence-corrected chi connectivity index (χ0v) is 98.3. The number of rotatable bonds is 13. The fourth-order valence-corrected chi connectivity index (χ4v) is 22.2. The number of phenols is 14. The lowest BCUT2D eigenvalue weighted by molar-refractivity contribution is -0.642. The molecule has 1 aliphatic heterocycles. The van der Waals surface area contributed by atoms with Gasteiger partial charge in [-0.2, -0.15) is 27.4 Å². The topological polar surface area (TPSA) is 347 Å². The Kier molecular flexibility index (Phi) is 44.6. The summed E-state index contributed by atoms with van der Waals surface area (Å²) in [4.78, 5) is 14.5. The van der Waals surface area contributed by atoms with Crippen LogP contribution in [0.4, 0.5) is 5.69 Å². The van der Waals surface area contributed by atoms with Crippen LogP contribution in [-0.2, 0) is 47.1 Å². The molecule has 0 saturated carbocycles. The van der Waals surface area contributed by atoms with Crippen LogP contribution in [0.25, 0.3) is 134 Å². The Balaban J connectivity index is 0.000000191. The number of hydrogen-bond acceptors (Lipinski definition) is 24. The summed E-state index contributed by atoms with van der Waals surface area (Å²) in [5.41, 5.74) is 12.5. The molecular formula is C112H97I6N7O16S7. The monoisotopic (exact) mass is 2780 g/mol. The molecule has 760 valence electrons. The number of nitrogens with zero attached hydrogens (tertiary/aromatic N) is 7. The number of aliphatic hydroxyl groups is 1. The third-order valence-electron chi connectivity index (χ3n) is 22.5. The fourth-order valence-electron chi connectivity index (χ4n) is 14.9. The van der Waals surface area contributed by atoms with E-state index >= 15 is 0 Å². The van der Waals surface area contributed by atoms with E-state index in [0.717, 1.165) is 57.2 Å². The first-order valence-electron chi connectivity index (χ1n) is 43.9. The molecule has 1 aliphatic carbocycles. The Bertz CT molecular complexity index is 8290. The lowest BCUT2D eigenvalue weighted by Gasteiger charge is -2.12. The lowest BCUT2D eigenvalue weighted by atomic mass is 10.1. The maximum absolute atomic E-state index is 11.1. The Labute approximate surface area is 983 Å². The first-order valence-corrected chi connectivity index (χ1v) is 49.6. The molecule has 0 amide bonds. The first kappa shape index (κ1) is 119. The Morgan fingerprint density at radius 1 is 0.270 bits per heavy atom. The number of carbonyl (C=O) groups excluding carboxylic acids is 1. The average molecular weight is 2780 g/mol. The molecule has 23 nitrogen and oxygen atoms in total. The van der Waals surface area contributed by atoms with Crippen molar-refractivity contribution in [2.45, 2.75) is 4.90 Å². The highest BCUT2D eigenvalue weighted by atomic mass is 127. The standard InChI is InChI=1S/2C16H13NO3S.5C16H13NO2S.6HI/c1-17-11-4-2-3-5-13(11)21-14(17)9-7-10-6-8-12(18)16(20)15(10)19;1-17-11-4-2-3-5-14(11)21-15(17)7-6-10-8-12(18)16(20)13(19)9-10;1-17-12-6-2-3-8-14(12)20-15(17)10-9-11-5-4-7-13(18)16(11)19;1-17-12-5-2-3-8-15(12)20-16(17)10-9-11-13(18)6-4-7-14(11)19;1-17-13-4-2-3-5-15(13)20-16(17)9-7-11-6-8-12(18)10-14(11)19;1-17-12-4-2-3-5-15(12)20-16(17)9-7-11-6-8-13(18)14(19)10-11;1-17-14-4-2-3-5-15(14)20-16(17)7-6-11-8-12(18)10-13(19)9-11;;;;;;/h2-9H,1H3,(H2,18,19,20);2-9,18-19H,1H3;2-10,18H,1H3;2*2-10H,1H3,(H,18,19);2-10,19H,1H3;2-10H,1H3,(H-,18,19);6*1H/b;;;;;;7-6+;;;;;;. The van der Waals surface area contributed by atoms with E-state index in [4.69, 9.17) is 0 Å². The van der Waals surface area contributed by atoms with Gasteiger partial charge in [-0.15, -0.1) is 0 Å². The van der Waals surface area contributed by atoms with Gasteiger partial charge in [0.15, 0.2) is 46.0 Å². The number of aliphatic hydroxyl groups excluding tert-OH is 1. The predicted octanol–water partition coefficient (Wildman–Crippen LogP) is 4.86.